The molecule has 0 fully saturated rings. The highest BCUT2D eigenvalue weighted by atomic mass is 16.6. The quantitative estimate of drug-likeness (QED) is 0.647. The van der Waals surface area contributed by atoms with Gasteiger partial charge < -0.3 is 14.6 Å². The molecule has 0 aliphatic carbocycles. The Balaban J connectivity index is 2.56. The molecule has 0 aliphatic rings. The topological polar surface area (TPSA) is 81.0 Å². The van der Waals surface area contributed by atoms with Crippen LogP contribution < -0.4 is 4.90 Å². The molecule has 1 aromatic heterocycles. The summed E-state index contributed by atoms with van der Waals surface area (Å²) in [6, 6.07) is 3.51. The number of nitrogens with zero attached hydrogens (tertiary/aromatic N) is 2. The molecule has 0 saturated heterocycles. The predicted molar refractivity (Wildman–Crippen MR) is 114 cm³/mol. The Morgan fingerprint density at radius 3 is 2.48 bits per heavy atom. The maximum Gasteiger partial charge on any atom is 0.419 e. The second-order valence-electron chi connectivity index (χ2n) is 8.17. The highest BCUT2D eigenvalue weighted by molar-refractivity contribution is 6.00. The average Bonchev–Trinajstić information content (AvgIpc) is 3.08. The van der Waals surface area contributed by atoms with Gasteiger partial charge in [-0.25, -0.2) is 14.2 Å². The van der Waals surface area contributed by atoms with E-state index in [1.54, 1.807) is 46.1 Å². The second kappa shape index (κ2) is 9.20. The van der Waals surface area contributed by atoms with Crippen molar-refractivity contribution in [3.63, 3.8) is 0 Å². The van der Waals surface area contributed by atoms with E-state index < -0.39 is 17.8 Å². The maximum absolute atomic E-state index is 12.6. The van der Waals surface area contributed by atoms with Crippen LogP contribution in [0.25, 0.3) is 10.9 Å². The van der Waals surface area contributed by atoms with Gasteiger partial charge in [-0.2, -0.15) is 0 Å². The van der Waals surface area contributed by atoms with Crippen LogP contribution in [-0.4, -0.2) is 41.6 Å². The van der Waals surface area contributed by atoms with Crippen LogP contribution in [0.1, 0.15) is 58.9 Å². The molecule has 0 bridgehead atoms. The van der Waals surface area contributed by atoms with E-state index in [9.17, 15) is 14.7 Å². The normalized spacial score (nSPS) is 11.5. The lowest BCUT2D eigenvalue weighted by Crippen LogP contribution is -2.27. The number of fused-ring (bicyclic) bond motifs is 1. The SMILES string of the molecule is CCCCCCc1c(N(C)C(=O)OC)cc2ccn(C(=O)OC(C)(C)C)c2c1O. The van der Waals surface area contributed by atoms with E-state index in [1.165, 1.54) is 16.6 Å². The Bertz CT molecular complexity index is 879. The third-order valence-corrected chi connectivity index (χ3v) is 4.71. The van der Waals surface area contributed by atoms with Gasteiger partial charge in [-0.1, -0.05) is 26.2 Å². The number of methoxy groups -OCH3 is 1. The van der Waals surface area contributed by atoms with Gasteiger partial charge in [0.15, 0.2) is 0 Å². The first kappa shape index (κ1) is 22.6. The molecule has 2 aromatic rings. The van der Waals surface area contributed by atoms with E-state index in [2.05, 4.69) is 6.92 Å². The van der Waals surface area contributed by atoms with Crippen LogP contribution in [-0.2, 0) is 15.9 Å². The summed E-state index contributed by atoms with van der Waals surface area (Å²) < 4.78 is 11.6. The molecule has 0 spiro atoms. The highest BCUT2D eigenvalue weighted by Crippen LogP contribution is 2.38. The Hall–Kier alpha value is -2.70. The van der Waals surface area contributed by atoms with Crippen LogP contribution in [0.15, 0.2) is 18.3 Å². The first-order valence-electron chi connectivity index (χ1n) is 10.0. The predicted octanol–water partition coefficient (Wildman–Crippen LogP) is 5.46. The van der Waals surface area contributed by atoms with Crippen LogP contribution in [0, 0.1) is 0 Å². The van der Waals surface area contributed by atoms with Crippen molar-refractivity contribution >= 4 is 28.8 Å². The van der Waals surface area contributed by atoms with Crippen LogP contribution in [0.5, 0.6) is 5.75 Å². The van der Waals surface area contributed by atoms with Gasteiger partial charge in [-0.3, -0.25) is 4.90 Å². The summed E-state index contributed by atoms with van der Waals surface area (Å²) in [6.45, 7) is 7.50. The molecule has 0 unspecified atom stereocenters. The summed E-state index contributed by atoms with van der Waals surface area (Å²) in [4.78, 5) is 26.1. The molecule has 0 saturated carbocycles. The zero-order chi connectivity index (χ0) is 21.8. The Labute approximate surface area is 172 Å². The fourth-order valence-electron chi connectivity index (χ4n) is 3.29. The molecule has 0 aliphatic heterocycles. The number of phenolic OH excluding ortho intramolecular Hbond substituents is 1. The van der Waals surface area contributed by atoms with Crippen LogP contribution in [0.4, 0.5) is 15.3 Å². The lowest BCUT2D eigenvalue weighted by atomic mass is 10.0. The molecule has 7 nitrogen and oxygen atoms in total. The number of ether oxygens (including phenoxy) is 2. The first-order valence-corrected chi connectivity index (χ1v) is 10.0. The van der Waals surface area contributed by atoms with Crippen LogP contribution in [0.2, 0.25) is 0 Å². The van der Waals surface area contributed by atoms with Gasteiger partial charge in [0.1, 0.15) is 16.9 Å². The lowest BCUT2D eigenvalue weighted by Gasteiger charge is -2.22. The molecular weight excluding hydrogens is 372 g/mol. The minimum Gasteiger partial charge on any atom is -0.505 e. The summed E-state index contributed by atoms with van der Waals surface area (Å²) >= 11 is 0. The molecule has 7 heteroatoms. The highest BCUT2D eigenvalue weighted by Gasteiger charge is 2.25. The lowest BCUT2D eigenvalue weighted by molar-refractivity contribution is 0.0543. The molecular formula is C22H32N2O5. The van der Waals surface area contributed by atoms with E-state index in [-0.39, 0.29) is 5.75 Å². The van der Waals surface area contributed by atoms with E-state index in [1.807, 2.05) is 0 Å². The zero-order valence-corrected chi connectivity index (χ0v) is 18.2. The average molecular weight is 405 g/mol. The maximum atomic E-state index is 12.6. The minimum atomic E-state index is -0.655. The minimum absolute atomic E-state index is 0.0133. The number of carbonyl (C=O) groups is 2. The van der Waals surface area contributed by atoms with E-state index in [0.717, 1.165) is 25.7 Å². The molecule has 1 amide bonds. The smallest absolute Gasteiger partial charge is 0.419 e. The van der Waals surface area contributed by atoms with Gasteiger partial charge in [-0.15, -0.1) is 0 Å². The fourth-order valence-corrected chi connectivity index (χ4v) is 3.29. The largest absolute Gasteiger partial charge is 0.505 e. The van der Waals surface area contributed by atoms with Crippen molar-refractivity contribution in [2.24, 2.45) is 0 Å². The number of hydrogen-bond acceptors (Lipinski definition) is 5. The van der Waals surface area contributed by atoms with E-state index in [0.29, 0.717) is 28.6 Å². The van der Waals surface area contributed by atoms with Crippen molar-refractivity contribution in [1.82, 2.24) is 4.57 Å². The third kappa shape index (κ3) is 5.22. The van der Waals surface area contributed by atoms with Gasteiger partial charge in [0.25, 0.3) is 0 Å². The number of aromatic hydroxyl groups is 1. The number of aromatic nitrogens is 1. The van der Waals surface area contributed by atoms with Gasteiger partial charge >= 0.3 is 12.2 Å². The van der Waals surface area contributed by atoms with Gasteiger partial charge in [0.2, 0.25) is 0 Å². The van der Waals surface area contributed by atoms with Crippen LogP contribution >= 0.6 is 0 Å². The van der Waals surface area contributed by atoms with Crippen molar-refractivity contribution in [2.75, 3.05) is 19.1 Å². The second-order valence-corrected chi connectivity index (χ2v) is 8.17. The molecule has 1 aromatic carbocycles. The summed E-state index contributed by atoms with van der Waals surface area (Å²) in [7, 11) is 2.92. The number of phenols is 1. The Kier molecular flexibility index (Phi) is 7.16. The summed E-state index contributed by atoms with van der Waals surface area (Å²) in [6.07, 6.45) is 5.14. The Morgan fingerprint density at radius 2 is 1.90 bits per heavy atom. The van der Waals surface area contributed by atoms with Crippen molar-refractivity contribution < 1.29 is 24.2 Å². The summed E-state index contributed by atoms with van der Waals surface area (Å²) in [5.74, 6) is -0.0133. The van der Waals surface area contributed by atoms with Crippen LogP contribution in [0.3, 0.4) is 0 Å². The fraction of sp³-hybridized carbons (Fsp3) is 0.545. The number of rotatable bonds is 6. The van der Waals surface area contributed by atoms with Gasteiger partial charge in [-0.05, 0) is 45.7 Å². The molecule has 29 heavy (non-hydrogen) atoms. The molecule has 1 heterocycles. The summed E-state index contributed by atoms with van der Waals surface area (Å²) in [5.41, 5.74) is 0.911. The number of anilines is 1. The Morgan fingerprint density at radius 1 is 1.21 bits per heavy atom. The van der Waals surface area contributed by atoms with Gasteiger partial charge in [0.05, 0.1) is 12.8 Å². The van der Waals surface area contributed by atoms with Crippen molar-refractivity contribution in [3.8, 4) is 5.75 Å². The number of benzene rings is 1. The number of unbranched alkanes of at least 4 members (excludes halogenated alkanes) is 3. The zero-order valence-electron chi connectivity index (χ0n) is 18.2. The molecule has 2 rings (SSSR count). The number of hydrogen-bond donors (Lipinski definition) is 1. The molecule has 0 radical (unpaired) electrons. The van der Waals surface area contributed by atoms with E-state index >= 15 is 0 Å². The first-order chi connectivity index (χ1) is 13.6. The monoisotopic (exact) mass is 404 g/mol. The number of carbonyl (C=O) groups excluding carboxylic acids is 2. The molecule has 0 atom stereocenters. The van der Waals surface area contributed by atoms with Crippen molar-refractivity contribution in [3.05, 3.63) is 23.9 Å². The van der Waals surface area contributed by atoms with E-state index in [4.69, 9.17) is 9.47 Å². The molecule has 160 valence electrons. The summed E-state index contributed by atoms with van der Waals surface area (Å²) in [5, 5.41) is 11.7. The van der Waals surface area contributed by atoms with Gasteiger partial charge in [0, 0.05) is 24.2 Å². The molecule has 1 N–H and O–H groups in total. The van der Waals surface area contributed by atoms with Crippen molar-refractivity contribution in [2.45, 2.75) is 65.4 Å². The standard InChI is InChI=1S/C22H32N2O5/c1-7-8-9-10-11-16-17(23(5)20(26)28-6)14-15-12-13-24(18(15)19(16)25)21(27)29-22(2,3)4/h12-14,25H,7-11H2,1-6H3. The third-order valence-electron chi connectivity index (χ3n) is 4.71. The number of amides is 1. The van der Waals surface area contributed by atoms with Crippen molar-refractivity contribution in [1.29, 1.82) is 0 Å².